The van der Waals surface area contributed by atoms with E-state index < -0.39 is 17.6 Å². The van der Waals surface area contributed by atoms with Crippen LogP contribution in [0.15, 0.2) is 28.8 Å². The second-order valence-corrected chi connectivity index (χ2v) is 3.80. The zero-order chi connectivity index (χ0) is 14.0. The number of carboxylic acids is 1. The van der Waals surface area contributed by atoms with Gasteiger partial charge < -0.3 is 14.9 Å². The Balaban J connectivity index is 2.15. The van der Waals surface area contributed by atoms with Crippen LogP contribution in [-0.2, 0) is 0 Å². The molecule has 0 atom stereocenters. The number of amides is 1. The molecular weight excluding hydrogens is 255 g/mol. The van der Waals surface area contributed by atoms with E-state index in [2.05, 4.69) is 15.0 Å². The number of carboxylic acid groups (broad SMARTS) is 1. The second kappa shape index (κ2) is 4.89. The Kier molecular flexibility index (Phi) is 3.28. The molecule has 0 aliphatic rings. The Morgan fingerprint density at radius 1 is 1.37 bits per heavy atom. The number of aromatic carboxylic acids is 1. The van der Waals surface area contributed by atoms with Crippen molar-refractivity contribution in [3.8, 4) is 0 Å². The van der Waals surface area contributed by atoms with Crippen LogP contribution in [-0.4, -0.2) is 22.1 Å². The number of carbonyl (C=O) groups excluding carboxylic acids is 1. The molecule has 2 N–H and O–H groups in total. The van der Waals surface area contributed by atoms with E-state index in [1.54, 1.807) is 6.92 Å². The van der Waals surface area contributed by atoms with Gasteiger partial charge in [0.15, 0.2) is 5.69 Å². The zero-order valence-electron chi connectivity index (χ0n) is 9.81. The first-order chi connectivity index (χ1) is 8.97. The normalized spacial score (nSPS) is 10.2. The van der Waals surface area contributed by atoms with E-state index in [0.29, 0.717) is 11.3 Å². The molecule has 0 unspecified atom stereocenters. The lowest BCUT2D eigenvalue weighted by molar-refractivity contribution is 0.0651. The summed E-state index contributed by atoms with van der Waals surface area (Å²) >= 11 is 0. The van der Waals surface area contributed by atoms with E-state index in [9.17, 15) is 14.0 Å². The van der Waals surface area contributed by atoms with Crippen molar-refractivity contribution in [1.29, 1.82) is 0 Å². The van der Waals surface area contributed by atoms with Gasteiger partial charge in [0.2, 0.25) is 5.76 Å². The average Bonchev–Trinajstić information content (AvgIpc) is 2.83. The molecule has 0 spiro atoms. The summed E-state index contributed by atoms with van der Waals surface area (Å²) in [5.41, 5.74) is 0.590. The van der Waals surface area contributed by atoms with Crippen LogP contribution in [0.5, 0.6) is 0 Å². The van der Waals surface area contributed by atoms with E-state index in [4.69, 9.17) is 5.11 Å². The summed E-state index contributed by atoms with van der Waals surface area (Å²) in [5, 5.41) is 14.4. The molecule has 0 saturated carbocycles. The molecule has 1 aromatic carbocycles. The quantitative estimate of drug-likeness (QED) is 0.885. The minimum Gasteiger partial charge on any atom is -0.475 e. The number of nitrogens with zero attached hydrogens (tertiary/aromatic N) is 1. The fourth-order valence-corrected chi connectivity index (χ4v) is 1.40. The van der Waals surface area contributed by atoms with Gasteiger partial charge >= 0.3 is 5.97 Å². The number of rotatable bonds is 3. The van der Waals surface area contributed by atoms with Gasteiger partial charge in [-0.25, -0.2) is 9.18 Å². The highest BCUT2D eigenvalue weighted by Gasteiger charge is 2.16. The van der Waals surface area contributed by atoms with Gasteiger partial charge in [-0.3, -0.25) is 4.79 Å². The summed E-state index contributed by atoms with van der Waals surface area (Å²) in [5.74, 6) is -2.76. The molecule has 0 fully saturated rings. The Morgan fingerprint density at radius 3 is 2.68 bits per heavy atom. The summed E-state index contributed by atoms with van der Waals surface area (Å²) in [6.45, 7) is 1.56. The van der Waals surface area contributed by atoms with E-state index in [0.717, 1.165) is 6.07 Å². The Morgan fingerprint density at radius 2 is 2.11 bits per heavy atom. The van der Waals surface area contributed by atoms with Crippen molar-refractivity contribution < 1.29 is 23.6 Å². The SMILES string of the molecule is Cc1cc(NC(=O)c2cc(C(=O)O)on2)ccc1F. The second-order valence-electron chi connectivity index (χ2n) is 3.80. The topological polar surface area (TPSA) is 92.4 Å². The Hall–Kier alpha value is -2.70. The van der Waals surface area contributed by atoms with Crippen molar-refractivity contribution in [3.05, 3.63) is 47.1 Å². The molecule has 0 aliphatic heterocycles. The average molecular weight is 264 g/mol. The molecule has 1 aromatic heterocycles. The number of aromatic nitrogens is 1. The number of hydrogen-bond donors (Lipinski definition) is 2. The van der Waals surface area contributed by atoms with Crippen molar-refractivity contribution in [1.82, 2.24) is 5.16 Å². The van der Waals surface area contributed by atoms with E-state index in [1.807, 2.05) is 0 Å². The summed E-state index contributed by atoms with van der Waals surface area (Å²) < 4.78 is 17.5. The first-order valence-corrected chi connectivity index (χ1v) is 5.25. The number of benzene rings is 1. The van der Waals surface area contributed by atoms with E-state index in [-0.39, 0.29) is 11.5 Å². The van der Waals surface area contributed by atoms with Crippen LogP contribution >= 0.6 is 0 Å². The third kappa shape index (κ3) is 2.76. The highest BCUT2D eigenvalue weighted by atomic mass is 19.1. The van der Waals surface area contributed by atoms with Crippen LogP contribution in [0, 0.1) is 12.7 Å². The van der Waals surface area contributed by atoms with Crippen molar-refractivity contribution in [2.75, 3.05) is 5.32 Å². The fraction of sp³-hybridized carbons (Fsp3) is 0.0833. The summed E-state index contributed by atoms with van der Waals surface area (Å²) in [6, 6.07) is 5.06. The summed E-state index contributed by atoms with van der Waals surface area (Å²) in [7, 11) is 0. The third-order valence-electron chi connectivity index (χ3n) is 2.37. The molecule has 2 aromatic rings. The summed E-state index contributed by atoms with van der Waals surface area (Å²) in [4.78, 5) is 22.3. The molecule has 0 bridgehead atoms. The van der Waals surface area contributed by atoms with Crippen LogP contribution in [0.2, 0.25) is 0 Å². The van der Waals surface area contributed by atoms with Crippen LogP contribution in [0.3, 0.4) is 0 Å². The minimum atomic E-state index is -1.32. The lowest BCUT2D eigenvalue weighted by Crippen LogP contribution is -2.12. The first-order valence-electron chi connectivity index (χ1n) is 5.25. The number of halogens is 1. The maximum Gasteiger partial charge on any atom is 0.374 e. The third-order valence-corrected chi connectivity index (χ3v) is 2.37. The van der Waals surface area contributed by atoms with Crippen molar-refractivity contribution >= 4 is 17.6 Å². The molecule has 1 amide bonds. The number of carbonyl (C=O) groups is 2. The number of aryl methyl sites for hydroxylation is 1. The number of nitrogens with one attached hydrogen (secondary N) is 1. The van der Waals surface area contributed by atoms with Crippen LogP contribution in [0.4, 0.5) is 10.1 Å². The highest BCUT2D eigenvalue weighted by molar-refractivity contribution is 6.03. The van der Waals surface area contributed by atoms with Crippen LogP contribution < -0.4 is 5.32 Å². The first kappa shape index (κ1) is 12.7. The van der Waals surface area contributed by atoms with Crippen molar-refractivity contribution in [2.45, 2.75) is 6.92 Å². The zero-order valence-corrected chi connectivity index (χ0v) is 9.81. The number of hydrogen-bond acceptors (Lipinski definition) is 4. The lowest BCUT2D eigenvalue weighted by Gasteiger charge is -2.04. The van der Waals surface area contributed by atoms with Crippen LogP contribution in [0.1, 0.15) is 26.6 Å². The number of anilines is 1. The van der Waals surface area contributed by atoms with Gasteiger partial charge in [-0.15, -0.1) is 0 Å². The van der Waals surface area contributed by atoms with Gasteiger partial charge in [0.25, 0.3) is 5.91 Å². The summed E-state index contributed by atoms with van der Waals surface area (Å²) in [6.07, 6.45) is 0. The van der Waals surface area contributed by atoms with Gasteiger partial charge in [0.05, 0.1) is 0 Å². The monoisotopic (exact) mass is 264 g/mol. The lowest BCUT2D eigenvalue weighted by atomic mass is 10.2. The molecule has 98 valence electrons. The van der Waals surface area contributed by atoms with Gasteiger partial charge in [0.1, 0.15) is 5.82 Å². The van der Waals surface area contributed by atoms with Gasteiger partial charge in [-0.2, -0.15) is 0 Å². The fourth-order valence-electron chi connectivity index (χ4n) is 1.40. The molecular formula is C12H9FN2O4. The Bertz CT molecular complexity index is 651. The van der Waals surface area contributed by atoms with Crippen LogP contribution in [0.25, 0.3) is 0 Å². The molecule has 19 heavy (non-hydrogen) atoms. The minimum absolute atomic E-state index is 0.167. The van der Waals surface area contributed by atoms with E-state index in [1.165, 1.54) is 18.2 Å². The maximum absolute atomic E-state index is 13.0. The molecule has 0 saturated heterocycles. The predicted molar refractivity (Wildman–Crippen MR) is 62.6 cm³/mol. The molecule has 2 rings (SSSR count). The Labute approximate surface area is 106 Å². The smallest absolute Gasteiger partial charge is 0.374 e. The molecule has 6 nitrogen and oxygen atoms in total. The predicted octanol–water partition coefficient (Wildman–Crippen LogP) is 2.07. The largest absolute Gasteiger partial charge is 0.475 e. The standard InChI is InChI=1S/C12H9FN2O4/c1-6-4-7(2-3-8(6)13)14-11(16)9-5-10(12(17)18)19-15-9/h2-5H,1H3,(H,14,16)(H,17,18). The maximum atomic E-state index is 13.0. The molecule has 0 radical (unpaired) electrons. The van der Waals surface area contributed by atoms with Gasteiger partial charge in [0, 0.05) is 11.8 Å². The van der Waals surface area contributed by atoms with E-state index >= 15 is 0 Å². The van der Waals surface area contributed by atoms with Crippen molar-refractivity contribution in [2.24, 2.45) is 0 Å². The van der Waals surface area contributed by atoms with Crippen molar-refractivity contribution in [3.63, 3.8) is 0 Å². The molecule has 7 heteroatoms. The molecule has 1 heterocycles. The highest BCUT2D eigenvalue weighted by Crippen LogP contribution is 2.15. The van der Waals surface area contributed by atoms with Gasteiger partial charge in [-0.05, 0) is 30.7 Å². The van der Waals surface area contributed by atoms with Gasteiger partial charge in [-0.1, -0.05) is 5.16 Å². The molecule has 0 aliphatic carbocycles.